The zero-order chi connectivity index (χ0) is 14.5. The molecule has 4 heteroatoms. The molecule has 0 spiro atoms. The maximum atomic E-state index is 9.48. The average Bonchev–Trinajstić information content (AvgIpc) is 2.40. The van der Waals surface area contributed by atoms with Crippen molar-refractivity contribution >= 4 is 0 Å². The van der Waals surface area contributed by atoms with Gasteiger partial charge < -0.3 is 20.1 Å². The Kier molecular flexibility index (Phi) is 12.7. The van der Waals surface area contributed by atoms with Gasteiger partial charge in [0.15, 0.2) is 0 Å². The van der Waals surface area contributed by atoms with E-state index in [9.17, 15) is 10.2 Å². The molecule has 0 saturated carbocycles. The number of aliphatic hydroxyl groups excluding tert-OH is 3. The first-order valence-corrected chi connectivity index (χ1v) is 7.72. The SMILES string of the molecule is CCCCCCCCCCOC(C(C)O)C(O)CO. The Hall–Kier alpha value is -0.160. The lowest BCUT2D eigenvalue weighted by atomic mass is 10.1. The Morgan fingerprint density at radius 1 is 0.895 bits per heavy atom. The van der Waals surface area contributed by atoms with Gasteiger partial charge in [-0.1, -0.05) is 51.9 Å². The molecule has 19 heavy (non-hydrogen) atoms. The Labute approximate surface area is 117 Å². The second kappa shape index (κ2) is 12.9. The topological polar surface area (TPSA) is 69.9 Å². The molecular weight excluding hydrogens is 244 g/mol. The zero-order valence-corrected chi connectivity index (χ0v) is 12.6. The fourth-order valence-electron chi connectivity index (χ4n) is 2.13. The van der Waals surface area contributed by atoms with Crippen LogP contribution in [0.5, 0.6) is 0 Å². The molecule has 0 heterocycles. The summed E-state index contributed by atoms with van der Waals surface area (Å²) in [5, 5.41) is 27.8. The molecule has 0 rings (SSSR count). The second-order valence-electron chi connectivity index (χ2n) is 5.30. The molecule has 0 saturated heterocycles. The van der Waals surface area contributed by atoms with Crippen LogP contribution in [0.1, 0.15) is 65.2 Å². The molecule has 3 unspecified atom stereocenters. The van der Waals surface area contributed by atoms with Crippen molar-refractivity contribution in [1.82, 2.24) is 0 Å². The lowest BCUT2D eigenvalue weighted by Gasteiger charge is -2.24. The molecule has 3 atom stereocenters. The minimum absolute atomic E-state index is 0.382. The lowest BCUT2D eigenvalue weighted by molar-refractivity contribution is -0.108. The predicted molar refractivity (Wildman–Crippen MR) is 77.1 cm³/mol. The quantitative estimate of drug-likeness (QED) is 0.451. The highest BCUT2D eigenvalue weighted by molar-refractivity contribution is 4.73. The molecule has 0 aliphatic rings. The van der Waals surface area contributed by atoms with E-state index in [1.165, 1.54) is 38.5 Å². The van der Waals surface area contributed by atoms with Crippen LogP contribution in [0.25, 0.3) is 0 Å². The number of hydrogen-bond donors (Lipinski definition) is 3. The Morgan fingerprint density at radius 2 is 1.42 bits per heavy atom. The van der Waals surface area contributed by atoms with E-state index in [0.717, 1.165) is 12.8 Å². The summed E-state index contributed by atoms with van der Waals surface area (Å²) in [5.41, 5.74) is 0. The van der Waals surface area contributed by atoms with Gasteiger partial charge in [0.1, 0.15) is 12.2 Å². The number of aliphatic hydroxyl groups is 3. The highest BCUT2D eigenvalue weighted by Gasteiger charge is 2.23. The monoisotopic (exact) mass is 276 g/mol. The third-order valence-corrected chi connectivity index (χ3v) is 3.35. The van der Waals surface area contributed by atoms with Gasteiger partial charge in [-0.2, -0.15) is 0 Å². The van der Waals surface area contributed by atoms with E-state index in [4.69, 9.17) is 9.84 Å². The van der Waals surface area contributed by atoms with Gasteiger partial charge in [0.2, 0.25) is 0 Å². The molecule has 4 nitrogen and oxygen atoms in total. The predicted octanol–water partition coefficient (Wildman–Crippen LogP) is 2.25. The van der Waals surface area contributed by atoms with E-state index in [0.29, 0.717) is 6.61 Å². The van der Waals surface area contributed by atoms with Crippen molar-refractivity contribution in [2.75, 3.05) is 13.2 Å². The van der Waals surface area contributed by atoms with Crippen LogP contribution in [0.15, 0.2) is 0 Å². The van der Waals surface area contributed by atoms with Gasteiger partial charge >= 0.3 is 0 Å². The van der Waals surface area contributed by atoms with E-state index in [2.05, 4.69) is 6.92 Å². The van der Waals surface area contributed by atoms with Crippen molar-refractivity contribution in [2.24, 2.45) is 0 Å². The van der Waals surface area contributed by atoms with Crippen molar-refractivity contribution in [3.63, 3.8) is 0 Å². The van der Waals surface area contributed by atoms with E-state index < -0.39 is 18.3 Å². The summed E-state index contributed by atoms with van der Waals surface area (Å²) in [4.78, 5) is 0. The number of rotatable bonds is 13. The van der Waals surface area contributed by atoms with E-state index >= 15 is 0 Å². The summed E-state index contributed by atoms with van der Waals surface area (Å²) < 4.78 is 5.44. The molecule has 0 aromatic carbocycles. The lowest BCUT2D eigenvalue weighted by Crippen LogP contribution is -2.40. The highest BCUT2D eigenvalue weighted by Crippen LogP contribution is 2.10. The molecule has 3 N–H and O–H groups in total. The first-order valence-electron chi connectivity index (χ1n) is 7.72. The van der Waals surface area contributed by atoms with E-state index in [1.54, 1.807) is 6.92 Å². The van der Waals surface area contributed by atoms with Crippen molar-refractivity contribution in [3.05, 3.63) is 0 Å². The molecule has 0 radical (unpaired) electrons. The van der Waals surface area contributed by atoms with E-state index in [-0.39, 0.29) is 6.61 Å². The van der Waals surface area contributed by atoms with Crippen LogP contribution in [0.4, 0.5) is 0 Å². The summed E-state index contributed by atoms with van der Waals surface area (Å²) in [6.07, 6.45) is 7.35. The van der Waals surface area contributed by atoms with Gasteiger partial charge in [0.25, 0.3) is 0 Å². The fraction of sp³-hybridized carbons (Fsp3) is 1.00. The van der Waals surface area contributed by atoms with Crippen LogP contribution in [-0.4, -0.2) is 46.8 Å². The molecule has 116 valence electrons. The summed E-state index contributed by atoms with van der Waals surface area (Å²) >= 11 is 0. The zero-order valence-electron chi connectivity index (χ0n) is 12.6. The van der Waals surface area contributed by atoms with Crippen molar-refractivity contribution in [2.45, 2.75) is 83.5 Å². The van der Waals surface area contributed by atoms with Gasteiger partial charge in [-0.05, 0) is 13.3 Å². The van der Waals surface area contributed by atoms with Crippen LogP contribution in [-0.2, 0) is 4.74 Å². The number of unbranched alkanes of at least 4 members (excludes halogenated alkanes) is 7. The highest BCUT2D eigenvalue weighted by atomic mass is 16.5. The number of ether oxygens (including phenoxy) is 1. The largest absolute Gasteiger partial charge is 0.394 e. The first kappa shape index (κ1) is 18.8. The van der Waals surface area contributed by atoms with Gasteiger partial charge in [-0.25, -0.2) is 0 Å². The van der Waals surface area contributed by atoms with E-state index in [1.807, 2.05) is 0 Å². The normalized spacial score (nSPS) is 16.3. The molecular formula is C15H32O4. The summed E-state index contributed by atoms with van der Waals surface area (Å²) in [5.74, 6) is 0. The summed E-state index contributed by atoms with van der Waals surface area (Å²) in [6, 6.07) is 0. The molecule has 0 aromatic rings. The van der Waals surface area contributed by atoms with Gasteiger partial charge in [0.05, 0.1) is 12.7 Å². The summed E-state index contributed by atoms with van der Waals surface area (Å²) in [6.45, 7) is 3.93. The maximum absolute atomic E-state index is 9.48. The first-order chi connectivity index (χ1) is 9.13. The van der Waals surface area contributed by atoms with Crippen molar-refractivity contribution in [1.29, 1.82) is 0 Å². The van der Waals surface area contributed by atoms with Gasteiger partial charge in [-0.3, -0.25) is 0 Å². The minimum Gasteiger partial charge on any atom is -0.394 e. The van der Waals surface area contributed by atoms with Crippen LogP contribution in [0.2, 0.25) is 0 Å². The number of hydrogen-bond acceptors (Lipinski definition) is 4. The molecule has 0 aliphatic heterocycles. The standard InChI is InChI=1S/C15H32O4/c1-3-4-5-6-7-8-9-10-11-19-15(13(2)17)14(18)12-16/h13-18H,3-12H2,1-2H3. The third kappa shape index (κ3) is 10.3. The Bertz CT molecular complexity index is 185. The Morgan fingerprint density at radius 3 is 1.89 bits per heavy atom. The molecule has 0 aliphatic carbocycles. The Balaban J connectivity index is 3.45. The van der Waals surface area contributed by atoms with Crippen LogP contribution in [0, 0.1) is 0 Å². The molecule has 0 aromatic heterocycles. The van der Waals surface area contributed by atoms with Crippen molar-refractivity contribution < 1.29 is 20.1 Å². The van der Waals surface area contributed by atoms with Crippen molar-refractivity contribution in [3.8, 4) is 0 Å². The summed E-state index contributed by atoms with van der Waals surface area (Å²) in [7, 11) is 0. The maximum Gasteiger partial charge on any atom is 0.111 e. The second-order valence-corrected chi connectivity index (χ2v) is 5.30. The fourth-order valence-corrected chi connectivity index (χ4v) is 2.13. The third-order valence-electron chi connectivity index (χ3n) is 3.35. The average molecular weight is 276 g/mol. The van der Waals surface area contributed by atoms with Crippen LogP contribution >= 0.6 is 0 Å². The minimum atomic E-state index is -1.01. The van der Waals surface area contributed by atoms with Gasteiger partial charge in [-0.15, -0.1) is 0 Å². The molecule has 0 fully saturated rings. The smallest absolute Gasteiger partial charge is 0.111 e. The van der Waals surface area contributed by atoms with Crippen LogP contribution in [0.3, 0.4) is 0 Å². The van der Waals surface area contributed by atoms with Gasteiger partial charge in [0, 0.05) is 6.61 Å². The molecule has 0 bridgehead atoms. The van der Waals surface area contributed by atoms with Crippen LogP contribution < -0.4 is 0 Å². The molecule has 0 amide bonds.